The third kappa shape index (κ3) is 3.04. The molecule has 0 N–H and O–H groups in total. The number of aryl methyl sites for hydroxylation is 2. The summed E-state index contributed by atoms with van der Waals surface area (Å²) in [6.45, 7) is 6.79. The lowest BCUT2D eigenvalue weighted by Gasteiger charge is -2.17. The van der Waals surface area contributed by atoms with E-state index in [1.165, 1.54) is 29.8 Å². The van der Waals surface area contributed by atoms with Crippen LogP contribution < -0.4 is 4.90 Å². The second-order valence-corrected chi connectivity index (χ2v) is 8.92. The van der Waals surface area contributed by atoms with Gasteiger partial charge in [0.15, 0.2) is 0 Å². The van der Waals surface area contributed by atoms with Crippen LogP contribution in [0.1, 0.15) is 5.56 Å². The molecule has 0 aliphatic carbocycles. The van der Waals surface area contributed by atoms with Crippen molar-refractivity contribution in [1.82, 2.24) is 24.9 Å². The quantitative estimate of drug-likeness (QED) is 0.699. The van der Waals surface area contributed by atoms with Crippen LogP contribution in [0.4, 0.5) is 5.13 Å². The Balaban J connectivity index is 1.37. The number of hydrogen-bond acceptors (Lipinski definition) is 6. The second-order valence-electron chi connectivity index (χ2n) is 7.97. The summed E-state index contributed by atoms with van der Waals surface area (Å²) in [6, 6.07) is 6.52. The fraction of sp³-hybridized carbons (Fsp3) is 0.450. The zero-order valence-electron chi connectivity index (χ0n) is 16.0. The van der Waals surface area contributed by atoms with E-state index in [9.17, 15) is 0 Å². The highest BCUT2D eigenvalue weighted by molar-refractivity contribution is 7.18. The van der Waals surface area contributed by atoms with E-state index in [1.807, 2.05) is 24.1 Å². The molecule has 7 heteroatoms. The van der Waals surface area contributed by atoms with E-state index in [0.717, 1.165) is 40.6 Å². The third-order valence-corrected chi connectivity index (χ3v) is 6.87. The van der Waals surface area contributed by atoms with Crippen LogP contribution in [0.3, 0.4) is 0 Å². The molecular weight excluding hydrogens is 356 g/mol. The van der Waals surface area contributed by atoms with Crippen LogP contribution in [0.5, 0.6) is 0 Å². The number of rotatable bonds is 3. The van der Waals surface area contributed by atoms with Gasteiger partial charge in [0, 0.05) is 50.6 Å². The molecule has 0 unspecified atom stereocenters. The molecule has 140 valence electrons. The van der Waals surface area contributed by atoms with Crippen molar-refractivity contribution in [3.63, 3.8) is 0 Å². The SMILES string of the molecule is Cc1cc(-c2cnn(C)c2)ccc1-c1nnc(N2C[C@H]3CN(C)C[C@H]3C2)s1. The molecule has 2 atom stereocenters. The van der Waals surface area contributed by atoms with E-state index >= 15 is 0 Å². The van der Waals surface area contributed by atoms with Gasteiger partial charge in [0.05, 0.1) is 6.20 Å². The summed E-state index contributed by atoms with van der Waals surface area (Å²) in [4.78, 5) is 4.88. The number of nitrogens with zero attached hydrogens (tertiary/aromatic N) is 6. The standard InChI is InChI=1S/C20H24N6S/c1-13-6-14(15-7-21-25(3)10-15)4-5-18(13)19-22-23-20(27-19)26-11-16-8-24(2)9-17(16)12-26/h4-7,10,16-17H,8-9,11-12H2,1-3H3/t16-,17+. The van der Waals surface area contributed by atoms with E-state index in [4.69, 9.17) is 0 Å². The van der Waals surface area contributed by atoms with Gasteiger partial charge in [0.25, 0.3) is 0 Å². The van der Waals surface area contributed by atoms with Crippen molar-refractivity contribution < 1.29 is 0 Å². The number of fused-ring (bicyclic) bond motifs is 1. The lowest BCUT2D eigenvalue weighted by atomic mass is 10.0. The van der Waals surface area contributed by atoms with Crippen molar-refractivity contribution in [1.29, 1.82) is 0 Å². The molecule has 1 aromatic carbocycles. The fourth-order valence-electron chi connectivity index (χ4n) is 4.49. The first kappa shape index (κ1) is 16.9. The van der Waals surface area contributed by atoms with Gasteiger partial charge >= 0.3 is 0 Å². The van der Waals surface area contributed by atoms with Crippen molar-refractivity contribution >= 4 is 16.5 Å². The highest BCUT2D eigenvalue weighted by Gasteiger charge is 2.39. The summed E-state index contributed by atoms with van der Waals surface area (Å²) in [5, 5.41) is 15.4. The van der Waals surface area contributed by atoms with Gasteiger partial charge in [-0.3, -0.25) is 4.68 Å². The van der Waals surface area contributed by atoms with E-state index in [2.05, 4.69) is 57.3 Å². The Labute approximate surface area is 163 Å². The van der Waals surface area contributed by atoms with Gasteiger partial charge in [-0.25, -0.2) is 0 Å². The van der Waals surface area contributed by atoms with Crippen LogP contribution in [-0.4, -0.2) is 58.1 Å². The number of hydrogen-bond donors (Lipinski definition) is 0. The van der Waals surface area contributed by atoms with Gasteiger partial charge in [-0.1, -0.05) is 29.5 Å². The molecule has 2 fully saturated rings. The van der Waals surface area contributed by atoms with Crippen LogP contribution in [0.2, 0.25) is 0 Å². The molecular formula is C20H24N6S. The topological polar surface area (TPSA) is 50.1 Å². The summed E-state index contributed by atoms with van der Waals surface area (Å²) in [7, 11) is 4.17. The van der Waals surface area contributed by atoms with E-state index in [-0.39, 0.29) is 0 Å². The molecule has 4 heterocycles. The number of likely N-dealkylation sites (tertiary alicyclic amines) is 1. The molecule has 2 aliphatic rings. The molecule has 0 spiro atoms. The summed E-state index contributed by atoms with van der Waals surface area (Å²) >= 11 is 1.72. The Morgan fingerprint density at radius 1 is 1.00 bits per heavy atom. The largest absolute Gasteiger partial charge is 0.346 e. The van der Waals surface area contributed by atoms with Gasteiger partial charge in [-0.15, -0.1) is 10.2 Å². The first-order valence-electron chi connectivity index (χ1n) is 9.44. The minimum atomic E-state index is 0.780. The molecule has 6 nitrogen and oxygen atoms in total. The minimum absolute atomic E-state index is 0.780. The maximum atomic E-state index is 4.51. The monoisotopic (exact) mass is 380 g/mol. The van der Waals surface area contributed by atoms with Crippen LogP contribution in [-0.2, 0) is 7.05 Å². The average molecular weight is 381 g/mol. The van der Waals surface area contributed by atoms with Gasteiger partial charge in [-0.05, 0) is 36.9 Å². The molecule has 5 rings (SSSR count). The lowest BCUT2D eigenvalue weighted by Crippen LogP contribution is -2.26. The third-order valence-electron chi connectivity index (χ3n) is 5.85. The molecule has 0 amide bonds. The van der Waals surface area contributed by atoms with Crippen LogP contribution in [0.15, 0.2) is 30.6 Å². The zero-order valence-corrected chi connectivity index (χ0v) is 16.8. The number of aromatic nitrogens is 4. The Morgan fingerprint density at radius 3 is 2.44 bits per heavy atom. The zero-order chi connectivity index (χ0) is 18.5. The van der Waals surface area contributed by atoms with Gasteiger partial charge in [0.2, 0.25) is 5.13 Å². The smallest absolute Gasteiger partial charge is 0.208 e. The maximum absolute atomic E-state index is 4.51. The van der Waals surface area contributed by atoms with Crippen molar-refractivity contribution in [3.8, 4) is 21.7 Å². The summed E-state index contributed by atoms with van der Waals surface area (Å²) in [5.41, 5.74) is 4.72. The number of benzene rings is 1. The minimum Gasteiger partial charge on any atom is -0.346 e. The van der Waals surface area contributed by atoms with Crippen LogP contribution in [0.25, 0.3) is 21.7 Å². The Bertz CT molecular complexity index is 963. The predicted molar refractivity (Wildman–Crippen MR) is 109 cm³/mol. The molecule has 0 saturated carbocycles. The average Bonchev–Trinajstić information content (AvgIpc) is 3.37. The molecule has 3 aromatic rings. The van der Waals surface area contributed by atoms with Crippen molar-refractivity contribution in [2.75, 3.05) is 38.1 Å². The molecule has 2 aromatic heterocycles. The normalized spacial score (nSPS) is 22.6. The Hall–Kier alpha value is -2.25. The number of anilines is 1. The maximum Gasteiger partial charge on any atom is 0.208 e. The summed E-state index contributed by atoms with van der Waals surface area (Å²) in [5.74, 6) is 1.56. The molecule has 2 aliphatic heterocycles. The first-order valence-corrected chi connectivity index (χ1v) is 10.3. The van der Waals surface area contributed by atoms with Crippen molar-refractivity contribution in [2.24, 2.45) is 18.9 Å². The van der Waals surface area contributed by atoms with Crippen LogP contribution in [0, 0.1) is 18.8 Å². The highest BCUT2D eigenvalue weighted by atomic mass is 32.1. The van der Waals surface area contributed by atoms with E-state index < -0.39 is 0 Å². The van der Waals surface area contributed by atoms with E-state index in [1.54, 1.807) is 11.3 Å². The molecule has 27 heavy (non-hydrogen) atoms. The Kier molecular flexibility index (Phi) is 4.02. The molecule has 0 bridgehead atoms. The van der Waals surface area contributed by atoms with Gasteiger partial charge in [0.1, 0.15) is 5.01 Å². The van der Waals surface area contributed by atoms with E-state index in [0.29, 0.717) is 0 Å². The lowest BCUT2D eigenvalue weighted by molar-refractivity contribution is 0.387. The Morgan fingerprint density at radius 2 is 1.78 bits per heavy atom. The molecule has 2 saturated heterocycles. The fourth-order valence-corrected chi connectivity index (χ4v) is 5.44. The van der Waals surface area contributed by atoms with Gasteiger partial charge < -0.3 is 9.80 Å². The predicted octanol–water partition coefficient (Wildman–Crippen LogP) is 2.91. The van der Waals surface area contributed by atoms with Crippen molar-refractivity contribution in [3.05, 3.63) is 36.2 Å². The second kappa shape index (κ2) is 6.42. The van der Waals surface area contributed by atoms with Gasteiger partial charge in [-0.2, -0.15) is 5.10 Å². The highest BCUT2D eigenvalue weighted by Crippen LogP contribution is 2.37. The van der Waals surface area contributed by atoms with Crippen LogP contribution >= 0.6 is 11.3 Å². The summed E-state index contributed by atoms with van der Waals surface area (Å²) < 4.78 is 1.83. The molecule has 0 radical (unpaired) electrons. The van der Waals surface area contributed by atoms with Crippen molar-refractivity contribution in [2.45, 2.75) is 6.92 Å². The first-order chi connectivity index (χ1) is 13.1. The summed E-state index contributed by atoms with van der Waals surface area (Å²) in [6.07, 6.45) is 3.94.